The molecule has 6 aliphatic rings. The van der Waals surface area contributed by atoms with Gasteiger partial charge in [-0.15, -0.1) is 0 Å². The van der Waals surface area contributed by atoms with Crippen LogP contribution in [-0.4, -0.2) is 89.9 Å². The minimum atomic E-state index is -2.49. The van der Waals surface area contributed by atoms with Gasteiger partial charge in [0.15, 0.2) is 0 Å². The molecule has 2 saturated carbocycles. The number of piperidine rings is 2. The van der Waals surface area contributed by atoms with Gasteiger partial charge in [0, 0.05) is 55.8 Å². The fourth-order valence-corrected chi connectivity index (χ4v) is 7.88. The van der Waals surface area contributed by atoms with E-state index in [9.17, 15) is 18.4 Å². The number of carbonyl (C=O) groups is 2. The third-order valence-electron chi connectivity index (χ3n) is 11.4. The summed E-state index contributed by atoms with van der Waals surface area (Å²) in [6, 6.07) is 6.36. The third kappa shape index (κ3) is 4.46. The van der Waals surface area contributed by atoms with E-state index in [1.54, 1.807) is 4.90 Å². The van der Waals surface area contributed by atoms with Crippen molar-refractivity contribution in [2.75, 3.05) is 31.1 Å². The first kappa shape index (κ1) is 29.5. The van der Waals surface area contributed by atoms with Gasteiger partial charge in [-0.3, -0.25) is 9.69 Å². The summed E-state index contributed by atoms with van der Waals surface area (Å²) in [5.74, 6) is -3.41. The van der Waals surface area contributed by atoms with Crippen LogP contribution in [0.4, 0.5) is 19.3 Å². The van der Waals surface area contributed by atoms with Gasteiger partial charge in [-0.2, -0.15) is 0 Å². The molecule has 0 bridgehead atoms. The Balaban J connectivity index is 1.14. The number of amides is 2. The number of anilines is 1. The van der Waals surface area contributed by atoms with Crippen LogP contribution < -0.4 is 10.4 Å². The number of nitrogens with zero attached hydrogens (tertiary/aromatic N) is 3. The van der Waals surface area contributed by atoms with Crippen molar-refractivity contribution in [3.8, 4) is 0 Å². The zero-order valence-corrected chi connectivity index (χ0v) is 26.4. The van der Waals surface area contributed by atoms with Crippen LogP contribution >= 0.6 is 0 Å². The molecule has 2 amide bonds. The highest BCUT2D eigenvalue weighted by atomic mass is 19.3. The average Bonchev–Trinajstić information content (AvgIpc) is 3.22. The molecule has 8 nitrogen and oxygen atoms in total. The largest absolute Gasteiger partial charge is 0.494 e. The minimum absolute atomic E-state index is 0.00509. The van der Waals surface area contributed by atoms with Crippen molar-refractivity contribution in [2.24, 2.45) is 11.8 Å². The number of fused-ring (bicyclic) bond motifs is 3. The van der Waals surface area contributed by atoms with Crippen LogP contribution in [0.25, 0.3) is 0 Å². The van der Waals surface area contributed by atoms with Crippen molar-refractivity contribution in [1.82, 2.24) is 9.80 Å². The lowest BCUT2D eigenvalue weighted by atomic mass is 9.71. The number of alkyl halides is 2. The summed E-state index contributed by atoms with van der Waals surface area (Å²) in [7, 11) is -0.551. The van der Waals surface area contributed by atoms with Crippen LogP contribution in [0.5, 0.6) is 0 Å². The Hall–Kier alpha value is -2.24. The third-order valence-corrected chi connectivity index (χ3v) is 11.4. The van der Waals surface area contributed by atoms with Crippen LogP contribution in [-0.2, 0) is 24.3 Å². The first-order valence-electron chi connectivity index (χ1n) is 15.9. The van der Waals surface area contributed by atoms with E-state index in [-0.39, 0.29) is 24.1 Å². The zero-order chi connectivity index (χ0) is 30.9. The predicted octanol–water partition coefficient (Wildman–Crippen LogP) is 4.33. The van der Waals surface area contributed by atoms with Gasteiger partial charge in [0.05, 0.1) is 16.6 Å². The fraction of sp³-hybridized carbons (Fsp3) is 0.750. The van der Waals surface area contributed by atoms with Crippen LogP contribution in [0.2, 0.25) is 0 Å². The molecule has 1 spiro atoms. The van der Waals surface area contributed by atoms with Gasteiger partial charge in [-0.05, 0) is 91.2 Å². The number of ether oxygens (including phenoxy) is 1. The molecule has 2 aliphatic carbocycles. The second kappa shape index (κ2) is 9.16. The number of benzene rings is 1. The smallest absolute Gasteiger partial charge is 0.444 e. The number of likely N-dealkylation sites (tertiary alicyclic amines) is 2. The molecule has 1 aromatic rings. The van der Waals surface area contributed by atoms with Crippen molar-refractivity contribution in [3.63, 3.8) is 0 Å². The molecule has 43 heavy (non-hydrogen) atoms. The van der Waals surface area contributed by atoms with E-state index in [1.807, 2.05) is 59.4 Å². The minimum Gasteiger partial charge on any atom is -0.444 e. The van der Waals surface area contributed by atoms with Crippen molar-refractivity contribution >= 4 is 30.3 Å². The molecule has 11 heteroatoms. The summed E-state index contributed by atoms with van der Waals surface area (Å²) in [6.07, 6.45) is 2.24. The molecular formula is C32H44BF2N3O5. The van der Waals surface area contributed by atoms with Crippen LogP contribution in [0.1, 0.15) is 79.7 Å². The lowest BCUT2D eigenvalue weighted by molar-refractivity contribution is -0.126. The standard InChI is InChI=1S/C32H44BF2N3O5/c1-28(2,3)41-27(40)36-12-10-31(11-13-36)22-9-8-19(33-42-29(4,5)30(6,7)43-33)14-25(22)38(26(31)39)21-15-20(16-21)37-17-23-24(18-37)32(23,34)35/h8-9,14,20-21,23-24H,10-13,15-18H2,1-7H3. The molecule has 0 radical (unpaired) electrons. The quantitative estimate of drug-likeness (QED) is 0.482. The number of hydrogen-bond acceptors (Lipinski definition) is 6. The van der Waals surface area contributed by atoms with Gasteiger partial charge in [-0.1, -0.05) is 12.1 Å². The predicted molar refractivity (Wildman–Crippen MR) is 159 cm³/mol. The Morgan fingerprint density at radius 1 is 0.977 bits per heavy atom. The molecule has 7 rings (SSSR count). The first-order valence-corrected chi connectivity index (χ1v) is 15.9. The maximum atomic E-state index is 14.5. The van der Waals surface area contributed by atoms with Crippen LogP contribution in [0.15, 0.2) is 18.2 Å². The SMILES string of the molecule is CC(C)(C)OC(=O)N1CCC2(CC1)C(=O)N(C1CC(N3CC4C(C3)C4(F)F)C1)c1cc(B3OC(C)(C)C(C)(C)O3)ccc12. The van der Waals surface area contributed by atoms with Gasteiger partial charge in [0.25, 0.3) is 5.92 Å². The Labute approximate surface area is 253 Å². The van der Waals surface area contributed by atoms with E-state index in [0.717, 1.165) is 29.6 Å². The second-order valence-electron chi connectivity index (χ2n) is 15.7. The monoisotopic (exact) mass is 599 g/mol. The molecule has 2 unspecified atom stereocenters. The van der Waals surface area contributed by atoms with Gasteiger partial charge < -0.3 is 23.8 Å². The highest BCUT2D eigenvalue weighted by Crippen LogP contribution is 2.60. The zero-order valence-electron chi connectivity index (χ0n) is 26.4. The number of halogens is 2. The molecule has 5 fully saturated rings. The molecular weight excluding hydrogens is 555 g/mol. The molecule has 1 aromatic carbocycles. The molecule has 3 saturated heterocycles. The summed E-state index contributed by atoms with van der Waals surface area (Å²) in [5, 5.41) is 0. The van der Waals surface area contributed by atoms with Gasteiger partial charge in [0.1, 0.15) is 5.60 Å². The summed E-state index contributed by atoms with van der Waals surface area (Å²) < 4.78 is 46.0. The molecule has 4 heterocycles. The Morgan fingerprint density at radius 2 is 1.56 bits per heavy atom. The normalized spacial score (nSPS) is 33.4. The summed E-state index contributed by atoms with van der Waals surface area (Å²) in [6.45, 7) is 15.4. The van der Waals surface area contributed by atoms with Gasteiger partial charge in [-0.25, -0.2) is 13.6 Å². The number of hydrogen-bond donors (Lipinski definition) is 0. The Bertz CT molecular complexity index is 1320. The molecule has 0 aromatic heterocycles. The van der Waals surface area contributed by atoms with E-state index in [0.29, 0.717) is 39.0 Å². The maximum Gasteiger partial charge on any atom is 0.494 e. The topological polar surface area (TPSA) is 71.6 Å². The average molecular weight is 600 g/mol. The lowest BCUT2D eigenvalue weighted by Gasteiger charge is -2.47. The van der Waals surface area contributed by atoms with Gasteiger partial charge >= 0.3 is 13.2 Å². The van der Waals surface area contributed by atoms with Crippen molar-refractivity contribution in [2.45, 2.75) is 114 Å². The lowest BCUT2D eigenvalue weighted by Crippen LogP contribution is -2.58. The van der Waals surface area contributed by atoms with E-state index < -0.39 is 47.1 Å². The van der Waals surface area contributed by atoms with E-state index in [4.69, 9.17) is 14.0 Å². The Kier molecular flexibility index (Phi) is 6.28. The van der Waals surface area contributed by atoms with Crippen molar-refractivity contribution < 1.29 is 32.4 Å². The molecule has 234 valence electrons. The van der Waals surface area contributed by atoms with Crippen LogP contribution in [0.3, 0.4) is 0 Å². The van der Waals surface area contributed by atoms with Crippen molar-refractivity contribution in [1.29, 1.82) is 0 Å². The Morgan fingerprint density at radius 3 is 2.12 bits per heavy atom. The van der Waals surface area contributed by atoms with Crippen molar-refractivity contribution in [3.05, 3.63) is 23.8 Å². The number of rotatable bonds is 3. The first-order chi connectivity index (χ1) is 19.9. The summed E-state index contributed by atoms with van der Waals surface area (Å²) >= 11 is 0. The van der Waals surface area contributed by atoms with E-state index >= 15 is 0 Å². The molecule has 2 atom stereocenters. The molecule has 0 N–H and O–H groups in total. The van der Waals surface area contributed by atoms with E-state index in [2.05, 4.69) is 17.0 Å². The summed E-state index contributed by atoms with van der Waals surface area (Å²) in [5.41, 5.74) is 0.470. The van der Waals surface area contributed by atoms with Crippen LogP contribution in [0, 0.1) is 11.8 Å². The maximum absolute atomic E-state index is 14.5. The van der Waals surface area contributed by atoms with Gasteiger partial charge in [0.2, 0.25) is 5.91 Å². The molecule has 4 aliphatic heterocycles. The fourth-order valence-electron chi connectivity index (χ4n) is 7.88. The summed E-state index contributed by atoms with van der Waals surface area (Å²) in [4.78, 5) is 33.2. The highest BCUT2D eigenvalue weighted by Gasteiger charge is 2.72. The second-order valence-corrected chi connectivity index (χ2v) is 15.7. The van der Waals surface area contributed by atoms with E-state index in [1.165, 1.54) is 0 Å². The number of carbonyl (C=O) groups excluding carboxylic acids is 2. The highest BCUT2D eigenvalue weighted by molar-refractivity contribution is 6.62.